The number of H-pyrrole nitrogens is 1. The van der Waals surface area contributed by atoms with Gasteiger partial charge >= 0.3 is 5.76 Å². The van der Waals surface area contributed by atoms with Gasteiger partial charge in [-0.15, -0.1) is 0 Å². The minimum atomic E-state index is -0.424. The Morgan fingerprint density at radius 3 is 2.73 bits per heavy atom. The molecule has 5 nitrogen and oxygen atoms in total. The van der Waals surface area contributed by atoms with Crippen LogP contribution in [-0.4, -0.2) is 19.1 Å². The number of hydrogen-bond donors (Lipinski definition) is 3. The molecular formula is C10H13N3O2. The van der Waals surface area contributed by atoms with Crippen LogP contribution < -0.4 is 16.4 Å². The molecule has 0 atom stereocenters. The van der Waals surface area contributed by atoms with Crippen molar-refractivity contribution < 1.29 is 4.42 Å². The summed E-state index contributed by atoms with van der Waals surface area (Å²) in [4.78, 5) is 13.6. The van der Waals surface area contributed by atoms with Gasteiger partial charge in [0.1, 0.15) is 0 Å². The maximum Gasteiger partial charge on any atom is 0.417 e. The first kappa shape index (κ1) is 9.95. The molecule has 0 aliphatic rings. The average molecular weight is 207 g/mol. The highest BCUT2D eigenvalue weighted by Gasteiger charge is 2.08. The number of rotatable bonds is 3. The number of benzene rings is 1. The standard InChI is InChI=1S/C10H13N3O2/c1-11-9(12-2)6-3-4-8-7(5-6)13-10(14)15-8/h3-5,9,11-12H,1-2H3,(H,13,14). The zero-order valence-corrected chi connectivity index (χ0v) is 8.63. The first-order valence-electron chi connectivity index (χ1n) is 4.72. The van der Waals surface area contributed by atoms with Gasteiger partial charge in [-0.2, -0.15) is 0 Å². The number of hydrogen-bond acceptors (Lipinski definition) is 4. The lowest BCUT2D eigenvalue weighted by molar-refractivity contribution is 0.520. The quantitative estimate of drug-likeness (QED) is 0.643. The molecule has 80 valence electrons. The molecule has 0 radical (unpaired) electrons. The molecule has 1 aromatic heterocycles. The molecule has 0 bridgehead atoms. The Hall–Kier alpha value is -1.59. The van der Waals surface area contributed by atoms with Crippen LogP contribution in [0.1, 0.15) is 11.7 Å². The Bertz CT molecular complexity index is 511. The first-order chi connectivity index (χ1) is 7.24. The highest BCUT2D eigenvalue weighted by molar-refractivity contribution is 5.72. The van der Waals surface area contributed by atoms with Crippen LogP contribution in [0, 0.1) is 0 Å². The second kappa shape index (κ2) is 3.88. The lowest BCUT2D eigenvalue weighted by atomic mass is 10.1. The van der Waals surface area contributed by atoms with Crippen LogP contribution in [0.25, 0.3) is 11.1 Å². The van der Waals surface area contributed by atoms with Crippen LogP contribution in [0.2, 0.25) is 0 Å². The van der Waals surface area contributed by atoms with Gasteiger partial charge in [-0.25, -0.2) is 4.79 Å². The molecule has 15 heavy (non-hydrogen) atoms. The van der Waals surface area contributed by atoms with Gasteiger partial charge in [0.25, 0.3) is 0 Å². The van der Waals surface area contributed by atoms with E-state index in [9.17, 15) is 4.79 Å². The van der Waals surface area contributed by atoms with E-state index in [4.69, 9.17) is 4.42 Å². The Labute approximate surface area is 86.5 Å². The molecule has 1 aromatic carbocycles. The number of fused-ring (bicyclic) bond motifs is 1. The number of aromatic amines is 1. The summed E-state index contributed by atoms with van der Waals surface area (Å²) in [7, 11) is 3.73. The van der Waals surface area contributed by atoms with E-state index in [-0.39, 0.29) is 6.17 Å². The molecule has 2 rings (SSSR count). The molecule has 1 heterocycles. The minimum absolute atomic E-state index is 0.0628. The van der Waals surface area contributed by atoms with Crippen LogP contribution in [0.15, 0.2) is 27.4 Å². The highest BCUT2D eigenvalue weighted by Crippen LogP contribution is 2.16. The van der Waals surface area contributed by atoms with Crippen molar-refractivity contribution in [3.63, 3.8) is 0 Å². The summed E-state index contributed by atoms with van der Waals surface area (Å²) >= 11 is 0. The third-order valence-electron chi connectivity index (χ3n) is 2.35. The van der Waals surface area contributed by atoms with Crippen LogP contribution >= 0.6 is 0 Å². The number of aromatic nitrogens is 1. The summed E-state index contributed by atoms with van der Waals surface area (Å²) in [5, 5.41) is 6.21. The van der Waals surface area contributed by atoms with Crippen molar-refractivity contribution in [1.82, 2.24) is 15.6 Å². The summed E-state index contributed by atoms with van der Waals surface area (Å²) in [5.41, 5.74) is 2.34. The van der Waals surface area contributed by atoms with E-state index < -0.39 is 5.76 Å². The summed E-state index contributed by atoms with van der Waals surface area (Å²) in [6.45, 7) is 0. The number of oxazole rings is 1. The summed E-state index contributed by atoms with van der Waals surface area (Å²) < 4.78 is 4.92. The normalized spacial score (nSPS) is 11.4. The second-order valence-corrected chi connectivity index (χ2v) is 3.28. The van der Waals surface area contributed by atoms with Gasteiger partial charge in [-0.3, -0.25) is 4.98 Å². The fourth-order valence-corrected chi connectivity index (χ4v) is 1.63. The van der Waals surface area contributed by atoms with Crippen molar-refractivity contribution >= 4 is 11.1 Å². The maximum atomic E-state index is 11.0. The van der Waals surface area contributed by atoms with E-state index in [0.717, 1.165) is 5.56 Å². The molecule has 0 aliphatic carbocycles. The van der Waals surface area contributed by atoms with Gasteiger partial charge in [-0.1, -0.05) is 6.07 Å². The summed E-state index contributed by atoms with van der Waals surface area (Å²) in [6.07, 6.45) is 0.0628. The zero-order chi connectivity index (χ0) is 10.8. The topological polar surface area (TPSA) is 70.1 Å². The van der Waals surface area contributed by atoms with Gasteiger partial charge < -0.3 is 15.1 Å². The first-order valence-corrected chi connectivity index (χ1v) is 4.72. The Kier molecular flexibility index (Phi) is 2.57. The zero-order valence-electron chi connectivity index (χ0n) is 8.63. The molecule has 0 fully saturated rings. The highest BCUT2D eigenvalue weighted by atomic mass is 16.4. The lowest BCUT2D eigenvalue weighted by Gasteiger charge is -2.14. The van der Waals surface area contributed by atoms with Crippen molar-refractivity contribution in [3.05, 3.63) is 34.3 Å². The monoisotopic (exact) mass is 207 g/mol. The SMILES string of the molecule is CNC(NC)c1ccc2oc(=O)[nH]c2c1. The molecule has 0 aliphatic heterocycles. The molecule has 0 saturated heterocycles. The Morgan fingerprint density at radius 1 is 1.33 bits per heavy atom. The molecule has 0 spiro atoms. The smallest absolute Gasteiger partial charge is 0.408 e. The third-order valence-corrected chi connectivity index (χ3v) is 2.35. The fourth-order valence-electron chi connectivity index (χ4n) is 1.63. The third kappa shape index (κ3) is 1.79. The van der Waals surface area contributed by atoms with Crippen LogP contribution in [0.4, 0.5) is 0 Å². The van der Waals surface area contributed by atoms with Gasteiger partial charge in [-0.05, 0) is 31.8 Å². The largest absolute Gasteiger partial charge is 0.417 e. The van der Waals surface area contributed by atoms with Gasteiger partial charge in [0.05, 0.1) is 11.7 Å². The van der Waals surface area contributed by atoms with E-state index in [0.29, 0.717) is 11.1 Å². The molecule has 0 unspecified atom stereocenters. The second-order valence-electron chi connectivity index (χ2n) is 3.28. The van der Waals surface area contributed by atoms with Crippen molar-refractivity contribution in [2.45, 2.75) is 6.17 Å². The predicted octanol–water partition coefficient (Wildman–Crippen LogP) is 0.558. The maximum absolute atomic E-state index is 11.0. The van der Waals surface area contributed by atoms with Crippen LogP contribution in [0.3, 0.4) is 0 Å². The van der Waals surface area contributed by atoms with Gasteiger partial charge in [0, 0.05) is 0 Å². The minimum Gasteiger partial charge on any atom is -0.408 e. The summed E-state index contributed by atoms with van der Waals surface area (Å²) in [6, 6.07) is 5.58. The summed E-state index contributed by atoms with van der Waals surface area (Å²) in [5.74, 6) is -0.424. The molecule has 0 amide bonds. The van der Waals surface area contributed by atoms with Crippen LogP contribution in [0.5, 0.6) is 0 Å². The molecule has 2 aromatic rings. The Balaban J connectivity index is 2.49. The Morgan fingerprint density at radius 2 is 2.07 bits per heavy atom. The lowest BCUT2D eigenvalue weighted by Crippen LogP contribution is -2.28. The van der Waals surface area contributed by atoms with Crippen LogP contribution in [-0.2, 0) is 0 Å². The van der Waals surface area contributed by atoms with E-state index >= 15 is 0 Å². The van der Waals surface area contributed by atoms with E-state index in [2.05, 4.69) is 15.6 Å². The van der Waals surface area contributed by atoms with Crippen molar-refractivity contribution in [1.29, 1.82) is 0 Å². The van der Waals surface area contributed by atoms with Gasteiger partial charge in [0.2, 0.25) is 0 Å². The fraction of sp³-hybridized carbons (Fsp3) is 0.300. The van der Waals surface area contributed by atoms with E-state index in [1.807, 2.05) is 26.2 Å². The molecule has 3 N–H and O–H groups in total. The van der Waals surface area contributed by atoms with Crippen molar-refractivity contribution in [3.8, 4) is 0 Å². The average Bonchev–Trinajstić information content (AvgIpc) is 2.59. The molecule has 0 saturated carbocycles. The molecular weight excluding hydrogens is 194 g/mol. The number of nitrogens with one attached hydrogen (secondary N) is 3. The van der Waals surface area contributed by atoms with E-state index in [1.54, 1.807) is 6.07 Å². The molecule has 5 heteroatoms. The van der Waals surface area contributed by atoms with Crippen molar-refractivity contribution in [2.24, 2.45) is 0 Å². The van der Waals surface area contributed by atoms with Gasteiger partial charge in [0.15, 0.2) is 5.58 Å². The predicted molar refractivity (Wildman–Crippen MR) is 57.7 cm³/mol. The van der Waals surface area contributed by atoms with E-state index in [1.165, 1.54) is 0 Å². The van der Waals surface area contributed by atoms with Crippen molar-refractivity contribution in [2.75, 3.05) is 14.1 Å².